The molecule has 1 aliphatic carbocycles. The molecule has 6 nitrogen and oxygen atoms in total. The largest absolute Gasteiger partial charge is 0.319 e. The molecule has 0 bridgehead atoms. The van der Waals surface area contributed by atoms with Crippen LogP contribution >= 0.6 is 0 Å². The number of anilines is 1. The van der Waals surface area contributed by atoms with E-state index in [0.29, 0.717) is 18.5 Å². The van der Waals surface area contributed by atoms with Gasteiger partial charge in [-0.3, -0.25) is 4.79 Å². The molecule has 0 unspecified atom stereocenters. The van der Waals surface area contributed by atoms with Gasteiger partial charge in [-0.1, -0.05) is 19.1 Å². The summed E-state index contributed by atoms with van der Waals surface area (Å²) >= 11 is 0. The summed E-state index contributed by atoms with van der Waals surface area (Å²) in [6.07, 6.45) is 2.07. The molecule has 4 rings (SSSR count). The summed E-state index contributed by atoms with van der Waals surface area (Å²) in [5.41, 5.74) is 2.14. The van der Waals surface area contributed by atoms with Crippen molar-refractivity contribution in [1.29, 1.82) is 0 Å². The number of para-hydroxylation sites is 1. The summed E-state index contributed by atoms with van der Waals surface area (Å²) in [5, 5.41) is 7.00. The van der Waals surface area contributed by atoms with Crippen molar-refractivity contribution in [1.82, 2.24) is 9.78 Å². The highest BCUT2D eigenvalue weighted by atomic mass is 32.2. The minimum atomic E-state index is -3.53. The van der Waals surface area contributed by atoms with Crippen molar-refractivity contribution in [3.05, 3.63) is 71.1 Å². The van der Waals surface area contributed by atoms with Crippen molar-refractivity contribution in [3.63, 3.8) is 0 Å². The van der Waals surface area contributed by atoms with E-state index < -0.39 is 27.4 Å². The van der Waals surface area contributed by atoms with E-state index in [1.807, 2.05) is 0 Å². The number of sulfone groups is 1. The summed E-state index contributed by atoms with van der Waals surface area (Å²) in [4.78, 5) is 13.0. The third kappa shape index (κ3) is 3.49. The van der Waals surface area contributed by atoms with Gasteiger partial charge in [0.05, 0.1) is 22.0 Å². The monoisotopic (exact) mass is 431 g/mol. The Morgan fingerprint density at radius 1 is 1.13 bits per heavy atom. The van der Waals surface area contributed by atoms with Gasteiger partial charge in [0.25, 0.3) is 5.91 Å². The highest BCUT2D eigenvalue weighted by molar-refractivity contribution is 7.91. The van der Waals surface area contributed by atoms with E-state index in [0.717, 1.165) is 29.8 Å². The first-order chi connectivity index (χ1) is 14.3. The van der Waals surface area contributed by atoms with E-state index in [9.17, 15) is 22.0 Å². The molecule has 0 atom stereocenters. The second kappa shape index (κ2) is 7.64. The van der Waals surface area contributed by atoms with Crippen molar-refractivity contribution in [2.24, 2.45) is 0 Å². The Morgan fingerprint density at radius 3 is 2.63 bits per heavy atom. The zero-order chi connectivity index (χ0) is 21.5. The lowest BCUT2D eigenvalue weighted by atomic mass is 10.2. The Balaban J connectivity index is 1.73. The van der Waals surface area contributed by atoms with E-state index in [-0.39, 0.29) is 22.0 Å². The molecule has 1 N–H and O–H groups in total. The normalized spacial score (nSPS) is 13.3. The van der Waals surface area contributed by atoms with Crippen LogP contribution in [-0.4, -0.2) is 29.9 Å². The third-order valence-corrected chi connectivity index (χ3v) is 6.93. The number of carbonyl (C=O) groups excluding carboxylic acids is 1. The molecule has 0 radical (unpaired) electrons. The molecule has 1 aliphatic rings. The maximum Gasteiger partial charge on any atom is 0.276 e. The van der Waals surface area contributed by atoms with Gasteiger partial charge in [-0.2, -0.15) is 5.10 Å². The second-order valence-electron chi connectivity index (χ2n) is 6.99. The van der Waals surface area contributed by atoms with Crippen molar-refractivity contribution in [2.75, 3.05) is 11.1 Å². The van der Waals surface area contributed by atoms with Gasteiger partial charge in [0.1, 0.15) is 0 Å². The Morgan fingerprint density at radius 2 is 1.90 bits per heavy atom. The van der Waals surface area contributed by atoms with Crippen molar-refractivity contribution in [2.45, 2.75) is 31.1 Å². The molecule has 0 aliphatic heterocycles. The van der Waals surface area contributed by atoms with Crippen molar-refractivity contribution < 1.29 is 22.0 Å². The van der Waals surface area contributed by atoms with Crippen LogP contribution in [0.1, 0.15) is 35.1 Å². The fraction of sp³-hybridized carbons (Fsp3) is 0.238. The predicted molar refractivity (Wildman–Crippen MR) is 108 cm³/mol. The molecule has 156 valence electrons. The number of fused-ring (bicyclic) bond motifs is 1. The van der Waals surface area contributed by atoms with Gasteiger partial charge in [-0.15, -0.1) is 0 Å². The minimum absolute atomic E-state index is 0.0394. The Bertz CT molecular complexity index is 1250. The minimum Gasteiger partial charge on any atom is -0.319 e. The van der Waals surface area contributed by atoms with E-state index in [4.69, 9.17) is 0 Å². The Kier molecular flexibility index (Phi) is 5.15. The maximum absolute atomic E-state index is 13.7. The number of hydrogen-bond acceptors (Lipinski definition) is 4. The number of halogens is 2. The molecular weight excluding hydrogens is 412 g/mol. The molecular formula is C21H19F2N3O3S. The Hall–Kier alpha value is -3.07. The fourth-order valence-electron chi connectivity index (χ4n) is 3.63. The molecule has 1 amide bonds. The summed E-state index contributed by atoms with van der Waals surface area (Å²) < 4.78 is 53.1. The summed E-state index contributed by atoms with van der Waals surface area (Å²) in [7, 11) is -3.53. The third-order valence-electron chi connectivity index (χ3n) is 5.14. The van der Waals surface area contributed by atoms with Crippen LogP contribution in [0.15, 0.2) is 47.4 Å². The van der Waals surface area contributed by atoms with Crippen LogP contribution in [0.2, 0.25) is 0 Å². The molecule has 0 saturated heterocycles. The number of hydrogen-bond donors (Lipinski definition) is 1. The average Bonchev–Trinajstić information content (AvgIpc) is 3.33. The zero-order valence-electron chi connectivity index (χ0n) is 16.2. The smallest absolute Gasteiger partial charge is 0.276 e. The molecule has 2 aromatic carbocycles. The first kappa shape index (κ1) is 20.2. The van der Waals surface area contributed by atoms with E-state index >= 15 is 0 Å². The van der Waals surface area contributed by atoms with Gasteiger partial charge in [-0.05, 0) is 43.5 Å². The number of aromatic nitrogens is 2. The van der Waals surface area contributed by atoms with Gasteiger partial charge in [-0.25, -0.2) is 21.9 Å². The van der Waals surface area contributed by atoms with Crippen LogP contribution in [0, 0.1) is 11.6 Å². The molecule has 0 spiro atoms. The number of amides is 1. The molecule has 3 aromatic rings. The number of nitrogens with one attached hydrogen (secondary N) is 1. The van der Waals surface area contributed by atoms with Gasteiger partial charge in [0.15, 0.2) is 27.2 Å². The van der Waals surface area contributed by atoms with Crippen LogP contribution in [-0.2, 0) is 22.7 Å². The SMILES string of the molecule is CCS(=O)(=O)c1ccccc1NC(=O)c1nn(-c2ccc(F)c(F)c2)c2c1CCC2. The maximum atomic E-state index is 13.7. The summed E-state index contributed by atoms with van der Waals surface area (Å²) in [6.45, 7) is 1.53. The molecule has 0 saturated carbocycles. The number of benzene rings is 2. The predicted octanol–water partition coefficient (Wildman–Crippen LogP) is 3.69. The second-order valence-corrected chi connectivity index (χ2v) is 9.24. The molecule has 9 heteroatoms. The van der Waals surface area contributed by atoms with E-state index in [1.54, 1.807) is 12.1 Å². The van der Waals surface area contributed by atoms with Crippen LogP contribution in [0.3, 0.4) is 0 Å². The van der Waals surface area contributed by atoms with Crippen LogP contribution in [0.25, 0.3) is 5.69 Å². The first-order valence-corrected chi connectivity index (χ1v) is 11.2. The molecule has 1 aromatic heterocycles. The number of carbonyl (C=O) groups is 1. The van der Waals surface area contributed by atoms with E-state index in [1.165, 1.54) is 29.8 Å². The van der Waals surface area contributed by atoms with Gasteiger partial charge >= 0.3 is 0 Å². The fourth-order valence-corrected chi connectivity index (χ4v) is 4.68. The zero-order valence-corrected chi connectivity index (χ0v) is 17.0. The van der Waals surface area contributed by atoms with Crippen molar-refractivity contribution in [3.8, 4) is 5.69 Å². The highest BCUT2D eigenvalue weighted by Gasteiger charge is 2.28. The lowest BCUT2D eigenvalue weighted by molar-refractivity contribution is 0.102. The van der Waals surface area contributed by atoms with Gasteiger partial charge < -0.3 is 5.32 Å². The van der Waals surface area contributed by atoms with Crippen LogP contribution in [0.5, 0.6) is 0 Å². The van der Waals surface area contributed by atoms with Crippen molar-refractivity contribution >= 4 is 21.4 Å². The lowest BCUT2D eigenvalue weighted by Gasteiger charge is -2.10. The standard InChI is InChI=1S/C21H19F2N3O3S/c1-2-30(28,29)19-9-4-3-7-17(19)24-21(27)20-14-6-5-8-18(14)26(25-20)13-10-11-15(22)16(23)12-13/h3-4,7,9-12H,2,5-6,8H2,1H3,(H,24,27). The quantitative estimate of drug-likeness (QED) is 0.668. The number of nitrogens with zero attached hydrogens (tertiary/aromatic N) is 2. The molecule has 30 heavy (non-hydrogen) atoms. The average molecular weight is 431 g/mol. The van der Waals surface area contributed by atoms with Gasteiger partial charge in [0, 0.05) is 17.3 Å². The molecule has 1 heterocycles. The van der Waals surface area contributed by atoms with Crippen LogP contribution in [0.4, 0.5) is 14.5 Å². The summed E-state index contributed by atoms with van der Waals surface area (Å²) in [6, 6.07) is 9.63. The topological polar surface area (TPSA) is 81.1 Å². The Labute approximate surface area is 172 Å². The molecule has 0 fully saturated rings. The number of rotatable bonds is 5. The first-order valence-electron chi connectivity index (χ1n) is 9.51. The van der Waals surface area contributed by atoms with Gasteiger partial charge in [0.2, 0.25) is 0 Å². The summed E-state index contributed by atoms with van der Waals surface area (Å²) in [5.74, 6) is -2.61. The van der Waals surface area contributed by atoms with E-state index in [2.05, 4.69) is 10.4 Å². The lowest BCUT2D eigenvalue weighted by Crippen LogP contribution is -2.17. The van der Waals surface area contributed by atoms with Crippen LogP contribution < -0.4 is 5.32 Å². The highest BCUT2D eigenvalue weighted by Crippen LogP contribution is 2.30.